The zero-order valence-electron chi connectivity index (χ0n) is 11.1. The highest BCUT2D eigenvalue weighted by Gasteiger charge is 2.03. The third kappa shape index (κ3) is 3.58. The normalized spacial score (nSPS) is 10.5. The van der Waals surface area contributed by atoms with Crippen molar-refractivity contribution < 1.29 is 9.84 Å². The average molecular weight is 321 g/mol. The molecule has 0 aliphatic carbocycles. The second kappa shape index (κ2) is 6.22. The molecule has 3 heteroatoms. The molecule has 0 unspecified atom stereocenters. The lowest BCUT2D eigenvalue weighted by Crippen LogP contribution is -1.99. The number of halogens is 1. The number of hydrogen-bond donors (Lipinski definition) is 1. The van der Waals surface area contributed by atoms with Gasteiger partial charge in [0.15, 0.2) is 0 Å². The van der Waals surface area contributed by atoms with Crippen molar-refractivity contribution in [2.24, 2.45) is 0 Å². The summed E-state index contributed by atoms with van der Waals surface area (Å²) < 4.78 is 6.69. The van der Waals surface area contributed by atoms with E-state index in [2.05, 4.69) is 48.0 Å². The van der Waals surface area contributed by atoms with E-state index < -0.39 is 0 Å². The van der Waals surface area contributed by atoms with E-state index in [-0.39, 0.29) is 6.61 Å². The summed E-state index contributed by atoms with van der Waals surface area (Å²) in [6.07, 6.45) is 0. The molecule has 0 aliphatic rings. The Labute approximate surface area is 122 Å². The van der Waals surface area contributed by atoms with Crippen LogP contribution >= 0.6 is 15.9 Å². The van der Waals surface area contributed by atoms with E-state index in [1.165, 1.54) is 16.7 Å². The van der Waals surface area contributed by atoms with Gasteiger partial charge in [0.25, 0.3) is 0 Å². The van der Waals surface area contributed by atoms with Crippen molar-refractivity contribution in [2.45, 2.75) is 27.1 Å². The maximum atomic E-state index is 9.22. The topological polar surface area (TPSA) is 29.5 Å². The van der Waals surface area contributed by atoms with Gasteiger partial charge in [-0.05, 0) is 48.7 Å². The second-order valence-electron chi connectivity index (χ2n) is 4.63. The van der Waals surface area contributed by atoms with Gasteiger partial charge >= 0.3 is 0 Å². The molecule has 2 aromatic rings. The van der Waals surface area contributed by atoms with Crippen molar-refractivity contribution >= 4 is 15.9 Å². The summed E-state index contributed by atoms with van der Waals surface area (Å²) in [5.41, 5.74) is 4.48. The summed E-state index contributed by atoms with van der Waals surface area (Å²) in [5, 5.41) is 9.22. The van der Waals surface area contributed by atoms with Crippen LogP contribution in [0.4, 0.5) is 0 Å². The lowest BCUT2D eigenvalue weighted by atomic mass is 10.1. The average Bonchev–Trinajstić information content (AvgIpc) is 2.41. The summed E-state index contributed by atoms with van der Waals surface area (Å²) in [7, 11) is 0. The molecule has 0 amide bonds. The lowest BCUT2D eigenvalue weighted by molar-refractivity contribution is 0.277. The van der Waals surface area contributed by atoms with Crippen LogP contribution in [-0.4, -0.2) is 5.11 Å². The molecule has 0 fully saturated rings. The van der Waals surface area contributed by atoms with Crippen LogP contribution in [0.25, 0.3) is 0 Å². The molecule has 100 valence electrons. The minimum Gasteiger partial charge on any atom is -0.489 e. The third-order valence-corrected chi connectivity index (χ3v) is 3.86. The Morgan fingerprint density at radius 2 is 1.84 bits per heavy atom. The highest BCUT2D eigenvalue weighted by Crippen LogP contribution is 2.23. The maximum absolute atomic E-state index is 9.22. The maximum Gasteiger partial charge on any atom is 0.120 e. The van der Waals surface area contributed by atoms with Gasteiger partial charge in [0.2, 0.25) is 0 Å². The largest absolute Gasteiger partial charge is 0.489 e. The van der Waals surface area contributed by atoms with Crippen molar-refractivity contribution in [1.29, 1.82) is 0 Å². The number of aliphatic hydroxyl groups excluding tert-OH is 1. The number of rotatable bonds is 4. The smallest absolute Gasteiger partial charge is 0.120 e. The molecule has 0 aliphatic heterocycles. The molecule has 0 spiro atoms. The van der Waals surface area contributed by atoms with Gasteiger partial charge in [-0.1, -0.05) is 39.7 Å². The van der Waals surface area contributed by atoms with Gasteiger partial charge < -0.3 is 9.84 Å². The highest BCUT2D eigenvalue weighted by atomic mass is 79.9. The minimum atomic E-state index is 0.00125. The van der Waals surface area contributed by atoms with Crippen LogP contribution in [0.15, 0.2) is 40.9 Å². The summed E-state index contributed by atoms with van der Waals surface area (Å²) in [6.45, 7) is 4.70. The monoisotopic (exact) mass is 320 g/mol. The fourth-order valence-electron chi connectivity index (χ4n) is 1.88. The van der Waals surface area contributed by atoms with Crippen molar-refractivity contribution in [3.8, 4) is 5.75 Å². The molecule has 0 bridgehead atoms. The van der Waals surface area contributed by atoms with E-state index in [0.717, 1.165) is 15.8 Å². The Morgan fingerprint density at radius 3 is 2.58 bits per heavy atom. The number of aliphatic hydroxyl groups is 1. The molecule has 1 N–H and O–H groups in total. The predicted octanol–water partition coefficient (Wildman–Crippen LogP) is 4.14. The van der Waals surface area contributed by atoms with E-state index in [0.29, 0.717) is 6.61 Å². The summed E-state index contributed by atoms with van der Waals surface area (Å²) in [6, 6.07) is 12.0. The van der Waals surface area contributed by atoms with Crippen molar-refractivity contribution in [2.75, 3.05) is 0 Å². The molecule has 0 heterocycles. The van der Waals surface area contributed by atoms with E-state index in [1.807, 2.05) is 18.2 Å². The van der Waals surface area contributed by atoms with Gasteiger partial charge in [-0.15, -0.1) is 0 Å². The van der Waals surface area contributed by atoms with Crippen LogP contribution in [0, 0.1) is 13.8 Å². The van der Waals surface area contributed by atoms with Crippen LogP contribution in [-0.2, 0) is 13.2 Å². The molecule has 2 aromatic carbocycles. The van der Waals surface area contributed by atoms with Gasteiger partial charge in [0.1, 0.15) is 12.4 Å². The first-order valence-corrected chi connectivity index (χ1v) is 6.97. The quantitative estimate of drug-likeness (QED) is 0.917. The van der Waals surface area contributed by atoms with Crippen molar-refractivity contribution in [1.82, 2.24) is 0 Å². The van der Waals surface area contributed by atoms with Gasteiger partial charge in [-0.3, -0.25) is 0 Å². The van der Waals surface area contributed by atoms with Crippen LogP contribution in [0.5, 0.6) is 5.75 Å². The highest BCUT2D eigenvalue weighted by molar-refractivity contribution is 9.10. The molecular weight excluding hydrogens is 304 g/mol. The standard InChI is InChI=1S/C16H17BrO2/c1-11-3-4-12(2)14(7-11)10-19-15-5-6-16(17)13(8-15)9-18/h3-8,18H,9-10H2,1-2H3. The van der Waals surface area contributed by atoms with E-state index >= 15 is 0 Å². The first-order valence-electron chi connectivity index (χ1n) is 6.18. The molecule has 19 heavy (non-hydrogen) atoms. The minimum absolute atomic E-state index is 0.00125. The third-order valence-electron chi connectivity index (χ3n) is 3.09. The SMILES string of the molecule is Cc1ccc(C)c(COc2ccc(Br)c(CO)c2)c1. The second-order valence-corrected chi connectivity index (χ2v) is 5.48. The number of hydrogen-bond acceptors (Lipinski definition) is 2. The Kier molecular flexibility index (Phi) is 4.61. The molecule has 0 radical (unpaired) electrons. The first-order chi connectivity index (χ1) is 9.10. The fraction of sp³-hybridized carbons (Fsp3) is 0.250. The number of aryl methyl sites for hydroxylation is 2. The van der Waals surface area contributed by atoms with E-state index in [1.54, 1.807) is 0 Å². The lowest BCUT2D eigenvalue weighted by Gasteiger charge is -2.11. The Bertz CT molecular complexity index is 579. The molecular formula is C16H17BrO2. The van der Waals surface area contributed by atoms with E-state index in [4.69, 9.17) is 4.74 Å². The number of ether oxygens (including phenoxy) is 1. The first kappa shape index (κ1) is 14.1. The Balaban J connectivity index is 2.12. The molecule has 0 aromatic heterocycles. The zero-order valence-corrected chi connectivity index (χ0v) is 12.7. The van der Waals surface area contributed by atoms with Gasteiger partial charge in [0.05, 0.1) is 6.61 Å². The van der Waals surface area contributed by atoms with Crippen molar-refractivity contribution in [3.63, 3.8) is 0 Å². The van der Waals surface area contributed by atoms with Crippen LogP contribution in [0.2, 0.25) is 0 Å². The molecule has 0 saturated carbocycles. The summed E-state index contributed by atoms with van der Waals surface area (Å²) in [5.74, 6) is 0.771. The molecule has 0 atom stereocenters. The molecule has 2 rings (SSSR count). The van der Waals surface area contributed by atoms with E-state index in [9.17, 15) is 5.11 Å². The Morgan fingerprint density at radius 1 is 1.05 bits per heavy atom. The summed E-state index contributed by atoms with van der Waals surface area (Å²) >= 11 is 3.39. The van der Waals surface area contributed by atoms with Crippen LogP contribution in [0.1, 0.15) is 22.3 Å². The predicted molar refractivity (Wildman–Crippen MR) is 80.3 cm³/mol. The van der Waals surface area contributed by atoms with Gasteiger partial charge in [-0.25, -0.2) is 0 Å². The van der Waals surface area contributed by atoms with Crippen molar-refractivity contribution in [3.05, 3.63) is 63.1 Å². The zero-order chi connectivity index (χ0) is 13.8. The van der Waals surface area contributed by atoms with Crippen LogP contribution < -0.4 is 4.74 Å². The molecule has 2 nitrogen and oxygen atoms in total. The van der Waals surface area contributed by atoms with Crippen LogP contribution in [0.3, 0.4) is 0 Å². The van der Waals surface area contributed by atoms with Gasteiger partial charge in [-0.2, -0.15) is 0 Å². The van der Waals surface area contributed by atoms with Gasteiger partial charge in [0, 0.05) is 4.47 Å². The fourth-order valence-corrected chi connectivity index (χ4v) is 2.25. The summed E-state index contributed by atoms with van der Waals surface area (Å²) in [4.78, 5) is 0. The number of benzene rings is 2. The Hall–Kier alpha value is -1.32. The molecule has 0 saturated heterocycles.